The van der Waals surface area contributed by atoms with Crippen LogP contribution in [0.3, 0.4) is 0 Å². The number of hydrogen-bond donors (Lipinski definition) is 1. The number of pyridine rings is 1. The van der Waals surface area contributed by atoms with E-state index in [-0.39, 0.29) is 31.6 Å². The molecule has 0 bridgehead atoms. The molecule has 117 valence electrons. The smallest absolute Gasteiger partial charge is 0.155 e. The van der Waals surface area contributed by atoms with Gasteiger partial charge in [-0.1, -0.05) is 5.56 Å². The van der Waals surface area contributed by atoms with Gasteiger partial charge >= 0.3 is 0 Å². The molecule has 5 heteroatoms. The molecule has 2 aromatic rings. The molecule has 1 aromatic carbocycles. The van der Waals surface area contributed by atoms with Crippen LogP contribution in [0.25, 0.3) is 11.3 Å². The van der Waals surface area contributed by atoms with Gasteiger partial charge in [0.2, 0.25) is 0 Å². The van der Waals surface area contributed by atoms with Gasteiger partial charge in [-0.25, -0.2) is 0 Å². The summed E-state index contributed by atoms with van der Waals surface area (Å²) >= 11 is 0. The third-order valence-corrected chi connectivity index (χ3v) is 2.75. The third-order valence-electron chi connectivity index (χ3n) is 2.75. The van der Waals surface area contributed by atoms with Gasteiger partial charge in [0.05, 0.1) is 12.4 Å². The molecule has 1 radical (unpaired) electrons. The molecular formula is C17H16IrNO3-. The summed E-state index contributed by atoms with van der Waals surface area (Å²) in [6, 6.07) is 12.9. The van der Waals surface area contributed by atoms with Crippen molar-refractivity contribution in [2.75, 3.05) is 0 Å². The Hall–Kier alpha value is -1.97. The van der Waals surface area contributed by atoms with Crippen molar-refractivity contribution in [1.82, 2.24) is 4.98 Å². The van der Waals surface area contributed by atoms with Crippen molar-refractivity contribution in [2.45, 2.75) is 20.5 Å². The van der Waals surface area contributed by atoms with Crippen LogP contribution < -0.4 is 4.74 Å². The molecule has 0 saturated heterocycles. The van der Waals surface area contributed by atoms with E-state index >= 15 is 0 Å². The van der Waals surface area contributed by atoms with E-state index in [1.165, 1.54) is 19.9 Å². The van der Waals surface area contributed by atoms with Gasteiger partial charge in [-0.2, -0.15) is 0 Å². The molecule has 1 aliphatic rings. The van der Waals surface area contributed by atoms with E-state index in [0.29, 0.717) is 6.61 Å². The van der Waals surface area contributed by atoms with Gasteiger partial charge in [0.15, 0.2) is 5.78 Å². The second-order valence-electron chi connectivity index (χ2n) is 4.61. The van der Waals surface area contributed by atoms with Gasteiger partial charge in [-0.15, -0.1) is 29.8 Å². The average molecular weight is 475 g/mol. The number of carbonyl (C=O) groups excluding carboxylic acids is 1. The summed E-state index contributed by atoms with van der Waals surface area (Å²) in [7, 11) is 0. The molecule has 3 rings (SSSR count). The summed E-state index contributed by atoms with van der Waals surface area (Å²) in [5, 5.41) is 8.36. The van der Waals surface area contributed by atoms with Crippen LogP contribution in [0.15, 0.2) is 48.4 Å². The Bertz CT molecular complexity index is 634. The van der Waals surface area contributed by atoms with Crippen molar-refractivity contribution >= 4 is 5.78 Å². The minimum Gasteiger partial charge on any atom is -0.512 e. The topological polar surface area (TPSA) is 59.4 Å². The number of nitrogens with zero attached hydrogens (tertiary/aromatic N) is 1. The molecule has 1 aromatic heterocycles. The summed E-state index contributed by atoms with van der Waals surface area (Å²) < 4.78 is 5.57. The number of ether oxygens (including phenoxy) is 1. The molecule has 0 fully saturated rings. The SMILES string of the molecule is CC(=O)/C=C(/C)O.[Ir].[c-]1cccc2c1-c1ncccc1OC2. The molecule has 22 heavy (non-hydrogen) atoms. The number of aliphatic hydroxyl groups is 1. The molecule has 0 saturated carbocycles. The maximum absolute atomic E-state index is 10.0. The first kappa shape index (κ1) is 18.1. The van der Waals surface area contributed by atoms with Crippen LogP contribution in [-0.2, 0) is 31.5 Å². The van der Waals surface area contributed by atoms with Gasteiger partial charge in [0, 0.05) is 38.1 Å². The van der Waals surface area contributed by atoms with Crippen LogP contribution in [-0.4, -0.2) is 15.9 Å². The number of rotatable bonds is 1. The molecule has 1 aliphatic heterocycles. The number of benzene rings is 1. The van der Waals surface area contributed by atoms with Crippen molar-refractivity contribution in [1.29, 1.82) is 0 Å². The quantitative estimate of drug-likeness (QED) is 0.391. The van der Waals surface area contributed by atoms with Gasteiger partial charge < -0.3 is 14.8 Å². The molecule has 2 heterocycles. The number of fused-ring (bicyclic) bond motifs is 3. The first-order valence-corrected chi connectivity index (χ1v) is 6.53. The fraction of sp³-hybridized carbons (Fsp3) is 0.176. The zero-order chi connectivity index (χ0) is 15.2. The zero-order valence-electron chi connectivity index (χ0n) is 12.3. The van der Waals surface area contributed by atoms with E-state index < -0.39 is 0 Å². The molecule has 1 N–H and O–H groups in total. The largest absolute Gasteiger partial charge is 0.512 e. The summed E-state index contributed by atoms with van der Waals surface area (Å²) in [6.07, 6.45) is 2.94. The first-order chi connectivity index (χ1) is 10.1. The third kappa shape index (κ3) is 4.79. The van der Waals surface area contributed by atoms with Crippen molar-refractivity contribution in [3.8, 4) is 17.0 Å². The zero-order valence-corrected chi connectivity index (χ0v) is 14.7. The Morgan fingerprint density at radius 2 is 2.14 bits per heavy atom. The van der Waals surface area contributed by atoms with Crippen LogP contribution in [0.1, 0.15) is 19.4 Å². The Balaban J connectivity index is 0.000000264. The normalized spacial score (nSPS) is 11.6. The first-order valence-electron chi connectivity index (χ1n) is 6.53. The van der Waals surface area contributed by atoms with Gasteiger partial charge in [0.25, 0.3) is 0 Å². The van der Waals surface area contributed by atoms with Crippen molar-refractivity contribution in [2.24, 2.45) is 0 Å². The van der Waals surface area contributed by atoms with Crippen molar-refractivity contribution in [3.63, 3.8) is 0 Å². The van der Waals surface area contributed by atoms with Crippen LogP contribution in [0.5, 0.6) is 5.75 Å². The molecule has 0 atom stereocenters. The van der Waals surface area contributed by atoms with E-state index in [9.17, 15) is 4.79 Å². The average Bonchev–Trinajstić information content (AvgIpc) is 2.46. The number of aliphatic hydroxyl groups excluding tert-OH is 1. The molecule has 0 amide bonds. The number of aromatic nitrogens is 1. The maximum Gasteiger partial charge on any atom is 0.155 e. The molecule has 0 spiro atoms. The van der Waals surface area contributed by atoms with E-state index in [4.69, 9.17) is 9.84 Å². The van der Waals surface area contributed by atoms with E-state index in [0.717, 1.165) is 22.6 Å². The Kier molecular flexibility index (Phi) is 6.96. The van der Waals surface area contributed by atoms with Crippen molar-refractivity contribution < 1.29 is 34.7 Å². The summed E-state index contributed by atoms with van der Waals surface area (Å²) in [5.41, 5.74) is 3.11. The summed E-state index contributed by atoms with van der Waals surface area (Å²) in [4.78, 5) is 14.3. The minimum atomic E-state index is -0.125. The monoisotopic (exact) mass is 475 g/mol. The Labute approximate surface area is 143 Å². The minimum absolute atomic E-state index is 0. The summed E-state index contributed by atoms with van der Waals surface area (Å²) in [6.45, 7) is 3.46. The Morgan fingerprint density at radius 3 is 2.77 bits per heavy atom. The number of carbonyl (C=O) groups is 1. The van der Waals surface area contributed by atoms with Crippen LogP contribution in [0.2, 0.25) is 0 Å². The molecular weight excluding hydrogens is 458 g/mol. The standard InChI is InChI=1S/C12H8NO.C5H8O2.Ir/c1-2-5-10-9(4-1)8-14-11-6-3-7-13-12(10)11;1-4(6)3-5(2)7;/h1-4,6-7H,8H2;3,6H,1-2H3;/q-1;;/b;4-3-;. The van der Waals surface area contributed by atoms with Gasteiger partial charge in [0.1, 0.15) is 5.75 Å². The van der Waals surface area contributed by atoms with Crippen LogP contribution >= 0.6 is 0 Å². The second-order valence-corrected chi connectivity index (χ2v) is 4.61. The summed E-state index contributed by atoms with van der Waals surface area (Å²) in [5.74, 6) is 0.787. The number of hydrogen-bond acceptors (Lipinski definition) is 4. The number of allylic oxidation sites excluding steroid dienone is 2. The van der Waals surface area contributed by atoms with Gasteiger partial charge in [-0.05, 0) is 26.0 Å². The van der Waals surface area contributed by atoms with E-state index in [1.807, 2.05) is 30.3 Å². The van der Waals surface area contributed by atoms with Crippen LogP contribution in [0, 0.1) is 6.07 Å². The maximum atomic E-state index is 10.0. The predicted octanol–water partition coefficient (Wildman–Crippen LogP) is 3.48. The van der Waals surface area contributed by atoms with Gasteiger partial charge in [-0.3, -0.25) is 4.79 Å². The number of ketones is 1. The Morgan fingerprint density at radius 1 is 1.36 bits per heavy atom. The second kappa shape index (κ2) is 8.47. The van der Waals surface area contributed by atoms with Crippen LogP contribution in [0.4, 0.5) is 0 Å². The fourth-order valence-corrected chi connectivity index (χ4v) is 1.96. The molecule has 0 unspecified atom stereocenters. The van der Waals surface area contributed by atoms with E-state index in [1.54, 1.807) is 6.20 Å². The van der Waals surface area contributed by atoms with Crippen molar-refractivity contribution in [3.05, 3.63) is 60.0 Å². The fourth-order valence-electron chi connectivity index (χ4n) is 1.96. The molecule has 0 aliphatic carbocycles. The molecule has 4 nitrogen and oxygen atoms in total. The predicted molar refractivity (Wildman–Crippen MR) is 79.9 cm³/mol. The van der Waals surface area contributed by atoms with E-state index in [2.05, 4.69) is 11.1 Å².